The van der Waals surface area contributed by atoms with Crippen LogP contribution in [0.2, 0.25) is 0 Å². The number of hydrogen-bond donors (Lipinski definition) is 2. The first kappa shape index (κ1) is 8.91. The Kier molecular flexibility index (Phi) is 2.97. The summed E-state index contributed by atoms with van der Waals surface area (Å²) in [6.45, 7) is 2.16. The van der Waals surface area contributed by atoms with Gasteiger partial charge in [-0.2, -0.15) is 0 Å². The Morgan fingerprint density at radius 2 is 1.92 bits per heavy atom. The van der Waals surface area contributed by atoms with E-state index in [1.165, 1.54) is 11.3 Å². The van der Waals surface area contributed by atoms with Crippen molar-refractivity contribution in [1.29, 1.82) is 0 Å². The fraction of sp³-hybridized carbons (Fsp3) is 0.400. The highest BCUT2D eigenvalue weighted by Gasteiger charge is 1.98. The van der Waals surface area contributed by atoms with Gasteiger partial charge in [0.2, 0.25) is 0 Å². The molecule has 0 spiro atoms. The maximum atomic E-state index is 3.18. The van der Waals surface area contributed by atoms with Gasteiger partial charge in [-0.15, -0.1) is 0 Å². The molecule has 0 aromatic heterocycles. The van der Waals surface area contributed by atoms with Crippen LogP contribution in [0.15, 0.2) is 18.2 Å². The summed E-state index contributed by atoms with van der Waals surface area (Å²) in [4.78, 5) is 0. The van der Waals surface area contributed by atoms with E-state index in [1.807, 2.05) is 14.1 Å². The second-order valence-electron chi connectivity index (χ2n) is 2.73. The number of rotatable bonds is 3. The summed E-state index contributed by atoms with van der Waals surface area (Å²) in [5.41, 5.74) is 3.72. The molecule has 0 aliphatic carbocycles. The Bertz CT molecular complexity index is 256. The standard InChI is InChI=1S/C10H16N2/c1-4-8-5-6-9(11-2)7-10(8)12-3/h5-7,11-12H,4H2,1-3H3. The van der Waals surface area contributed by atoms with Crippen LogP contribution in [0.25, 0.3) is 0 Å². The van der Waals surface area contributed by atoms with E-state index in [-0.39, 0.29) is 0 Å². The molecule has 0 bridgehead atoms. The van der Waals surface area contributed by atoms with Gasteiger partial charge in [0.05, 0.1) is 0 Å². The molecular weight excluding hydrogens is 148 g/mol. The summed E-state index contributed by atoms with van der Waals surface area (Å²) in [5, 5.41) is 6.29. The Balaban J connectivity index is 3.02. The van der Waals surface area contributed by atoms with Crippen LogP contribution in [-0.2, 0) is 6.42 Å². The monoisotopic (exact) mass is 164 g/mol. The molecule has 66 valence electrons. The Morgan fingerprint density at radius 3 is 2.42 bits per heavy atom. The summed E-state index contributed by atoms with van der Waals surface area (Å²) < 4.78 is 0. The predicted octanol–water partition coefficient (Wildman–Crippen LogP) is 2.33. The number of anilines is 2. The molecule has 0 fully saturated rings. The molecule has 2 N–H and O–H groups in total. The van der Waals surface area contributed by atoms with E-state index in [1.54, 1.807) is 0 Å². The first-order valence-corrected chi connectivity index (χ1v) is 4.30. The second kappa shape index (κ2) is 4.00. The molecule has 1 rings (SSSR count). The first-order chi connectivity index (χ1) is 5.81. The molecule has 0 unspecified atom stereocenters. The zero-order valence-corrected chi connectivity index (χ0v) is 7.94. The van der Waals surface area contributed by atoms with Gasteiger partial charge in [0, 0.05) is 25.5 Å². The third-order valence-electron chi connectivity index (χ3n) is 2.05. The van der Waals surface area contributed by atoms with Crippen molar-refractivity contribution in [2.75, 3.05) is 24.7 Å². The average molecular weight is 164 g/mol. The van der Waals surface area contributed by atoms with Gasteiger partial charge in [0.1, 0.15) is 0 Å². The van der Waals surface area contributed by atoms with Gasteiger partial charge in [0.15, 0.2) is 0 Å². The van der Waals surface area contributed by atoms with Gasteiger partial charge < -0.3 is 10.6 Å². The van der Waals surface area contributed by atoms with Gasteiger partial charge >= 0.3 is 0 Å². The van der Waals surface area contributed by atoms with Crippen LogP contribution in [0, 0.1) is 0 Å². The van der Waals surface area contributed by atoms with Gasteiger partial charge in [-0.25, -0.2) is 0 Å². The summed E-state index contributed by atoms with van der Waals surface area (Å²) in [6.07, 6.45) is 1.07. The first-order valence-electron chi connectivity index (χ1n) is 4.30. The van der Waals surface area contributed by atoms with Crippen molar-refractivity contribution in [3.8, 4) is 0 Å². The van der Waals surface area contributed by atoms with Crippen LogP contribution in [0.4, 0.5) is 11.4 Å². The van der Waals surface area contributed by atoms with Crippen molar-refractivity contribution in [3.05, 3.63) is 23.8 Å². The molecule has 0 heterocycles. The van der Waals surface area contributed by atoms with E-state index in [4.69, 9.17) is 0 Å². The van der Waals surface area contributed by atoms with Gasteiger partial charge in [-0.1, -0.05) is 13.0 Å². The summed E-state index contributed by atoms with van der Waals surface area (Å²) in [7, 11) is 3.88. The van der Waals surface area contributed by atoms with Crippen molar-refractivity contribution in [2.45, 2.75) is 13.3 Å². The minimum absolute atomic E-state index is 1.07. The van der Waals surface area contributed by atoms with Gasteiger partial charge in [-0.3, -0.25) is 0 Å². The summed E-state index contributed by atoms with van der Waals surface area (Å²) in [6, 6.07) is 6.37. The number of benzene rings is 1. The van der Waals surface area contributed by atoms with Crippen molar-refractivity contribution in [1.82, 2.24) is 0 Å². The smallest absolute Gasteiger partial charge is 0.0390 e. The highest BCUT2D eigenvalue weighted by molar-refractivity contribution is 5.60. The van der Waals surface area contributed by atoms with Crippen LogP contribution in [0.3, 0.4) is 0 Å². The second-order valence-corrected chi connectivity index (χ2v) is 2.73. The molecule has 0 saturated carbocycles. The lowest BCUT2D eigenvalue weighted by molar-refractivity contribution is 1.14. The van der Waals surface area contributed by atoms with Crippen LogP contribution in [0.5, 0.6) is 0 Å². The van der Waals surface area contributed by atoms with Crippen molar-refractivity contribution >= 4 is 11.4 Å². The SMILES string of the molecule is CCc1ccc(NC)cc1NC. The Labute approximate surface area is 74.0 Å². The van der Waals surface area contributed by atoms with Crippen molar-refractivity contribution < 1.29 is 0 Å². The lowest BCUT2D eigenvalue weighted by atomic mass is 10.1. The van der Waals surface area contributed by atoms with E-state index in [2.05, 4.69) is 35.8 Å². The van der Waals surface area contributed by atoms with Crippen LogP contribution >= 0.6 is 0 Å². The lowest BCUT2D eigenvalue weighted by Gasteiger charge is -2.09. The fourth-order valence-corrected chi connectivity index (χ4v) is 1.27. The van der Waals surface area contributed by atoms with E-state index in [0.29, 0.717) is 0 Å². The molecule has 0 saturated heterocycles. The molecule has 12 heavy (non-hydrogen) atoms. The molecule has 2 nitrogen and oxygen atoms in total. The molecule has 1 aromatic carbocycles. The molecule has 0 amide bonds. The Hall–Kier alpha value is -1.18. The predicted molar refractivity (Wildman–Crippen MR) is 54.9 cm³/mol. The third-order valence-corrected chi connectivity index (χ3v) is 2.05. The average Bonchev–Trinajstić information content (AvgIpc) is 2.16. The van der Waals surface area contributed by atoms with E-state index in [9.17, 15) is 0 Å². The Morgan fingerprint density at radius 1 is 1.17 bits per heavy atom. The summed E-state index contributed by atoms with van der Waals surface area (Å²) in [5.74, 6) is 0. The zero-order chi connectivity index (χ0) is 8.97. The molecule has 2 heteroatoms. The van der Waals surface area contributed by atoms with Gasteiger partial charge in [0.25, 0.3) is 0 Å². The van der Waals surface area contributed by atoms with Crippen LogP contribution in [0.1, 0.15) is 12.5 Å². The summed E-state index contributed by atoms with van der Waals surface area (Å²) >= 11 is 0. The maximum absolute atomic E-state index is 3.18. The van der Waals surface area contributed by atoms with Crippen LogP contribution < -0.4 is 10.6 Å². The molecule has 0 atom stereocenters. The minimum Gasteiger partial charge on any atom is -0.388 e. The molecule has 0 aliphatic heterocycles. The number of aryl methyl sites for hydroxylation is 1. The van der Waals surface area contributed by atoms with Gasteiger partial charge in [-0.05, 0) is 24.1 Å². The largest absolute Gasteiger partial charge is 0.388 e. The minimum atomic E-state index is 1.07. The zero-order valence-electron chi connectivity index (χ0n) is 7.94. The highest BCUT2D eigenvalue weighted by atomic mass is 14.9. The molecule has 0 radical (unpaired) electrons. The quantitative estimate of drug-likeness (QED) is 0.716. The molecule has 1 aromatic rings. The molecular formula is C10H16N2. The van der Waals surface area contributed by atoms with Crippen molar-refractivity contribution in [2.24, 2.45) is 0 Å². The normalized spacial score (nSPS) is 9.58. The highest BCUT2D eigenvalue weighted by Crippen LogP contribution is 2.20. The fourth-order valence-electron chi connectivity index (χ4n) is 1.27. The van der Waals surface area contributed by atoms with E-state index in [0.717, 1.165) is 12.1 Å². The van der Waals surface area contributed by atoms with E-state index < -0.39 is 0 Å². The van der Waals surface area contributed by atoms with Crippen LogP contribution in [-0.4, -0.2) is 14.1 Å². The molecule has 0 aliphatic rings. The number of hydrogen-bond acceptors (Lipinski definition) is 2. The number of nitrogens with one attached hydrogen (secondary N) is 2. The topological polar surface area (TPSA) is 24.1 Å². The lowest BCUT2D eigenvalue weighted by Crippen LogP contribution is -1.96. The third kappa shape index (κ3) is 1.70. The van der Waals surface area contributed by atoms with E-state index >= 15 is 0 Å². The van der Waals surface area contributed by atoms with Crippen molar-refractivity contribution in [3.63, 3.8) is 0 Å². The maximum Gasteiger partial charge on any atom is 0.0390 e.